The van der Waals surface area contributed by atoms with Crippen molar-refractivity contribution in [1.29, 1.82) is 0 Å². The number of halogens is 1. The summed E-state index contributed by atoms with van der Waals surface area (Å²) < 4.78 is 65.0. The molecule has 1 aromatic heterocycles. The van der Waals surface area contributed by atoms with Crippen LogP contribution in [0.25, 0.3) is 0 Å². The van der Waals surface area contributed by atoms with Gasteiger partial charge >= 0.3 is 0 Å². The molecule has 0 fully saturated rings. The Bertz CT molecular complexity index is 881. The fourth-order valence-corrected chi connectivity index (χ4v) is 4.83. The molecule has 0 amide bonds. The molecule has 24 heavy (non-hydrogen) atoms. The number of benzene rings is 1. The maximum absolute atomic E-state index is 13.7. The van der Waals surface area contributed by atoms with Gasteiger partial charge in [-0.1, -0.05) is 24.3 Å². The zero-order chi connectivity index (χ0) is 17.8. The molecular weight excluding hydrogens is 375 g/mol. The molecule has 1 aromatic carbocycles. The Kier molecular flexibility index (Phi) is 6.10. The normalized spacial score (nSPS) is 12.6. The highest BCUT2D eigenvalue weighted by Gasteiger charge is 2.20. The lowest BCUT2D eigenvalue weighted by molar-refractivity contribution is 0.405. The summed E-state index contributed by atoms with van der Waals surface area (Å²) in [6.45, 7) is -0.369. The van der Waals surface area contributed by atoms with Gasteiger partial charge in [-0.2, -0.15) is 4.31 Å². The summed E-state index contributed by atoms with van der Waals surface area (Å²) in [5.41, 5.74) is 0.226. The first kappa shape index (κ1) is 19.0. The lowest BCUT2D eigenvalue weighted by Gasteiger charge is -2.20. The second kappa shape index (κ2) is 7.70. The van der Waals surface area contributed by atoms with Crippen molar-refractivity contribution >= 4 is 31.4 Å². The highest BCUT2D eigenvalue weighted by molar-refractivity contribution is 7.91. The average Bonchev–Trinajstić information content (AvgIpc) is 3.02. The Morgan fingerprint density at radius 3 is 2.42 bits per heavy atom. The van der Waals surface area contributed by atoms with Crippen LogP contribution in [0, 0.1) is 5.82 Å². The largest absolute Gasteiger partial charge is 0.250 e. The zero-order valence-corrected chi connectivity index (χ0v) is 15.3. The van der Waals surface area contributed by atoms with Gasteiger partial charge in [0.05, 0.1) is 6.26 Å². The van der Waals surface area contributed by atoms with Gasteiger partial charge in [-0.15, -0.1) is 11.3 Å². The van der Waals surface area contributed by atoms with E-state index in [-0.39, 0.29) is 29.4 Å². The molecular formula is C14H17FN2O4S3. The van der Waals surface area contributed by atoms with Crippen LogP contribution in [-0.4, -0.2) is 40.5 Å². The minimum absolute atomic E-state index is 0.0994. The summed E-state index contributed by atoms with van der Waals surface area (Å²) in [6, 6.07) is 8.93. The van der Waals surface area contributed by atoms with E-state index in [1.165, 1.54) is 24.3 Å². The Morgan fingerprint density at radius 1 is 1.12 bits per heavy atom. The molecule has 2 rings (SSSR count). The van der Waals surface area contributed by atoms with Crippen LogP contribution in [0.4, 0.5) is 4.39 Å². The van der Waals surface area contributed by atoms with Gasteiger partial charge in [0.25, 0.3) is 0 Å². The Morgan fingerprint density at radius 2 is 1.83 bits per heavy atom. The number of nitrogens with zero attached hydrogens (tertiary/aromatic N) is 1. The Labute approximate surface area is 145 Å². The van der Waals surface area contributed by atoms with Crippen LogP contribution in [0.1, 0.15) is 5.56 Å². The number of hydrogen-bond donors (Lipinski definition) is 1. The van der Waals surface area contributed by atoms with Crippen molar-refractivity contribution in [2.45, 2.75) is 10.8 Å². The molecule has 0 bridgehead atoms. The van der Waals surface area contributed by atoms with E-state index in [9.17, 15) is 21.2 Å². The molecule has 0 atom stereocenters. The van der Waals surface area contributed by atoms with E-state index in [1.807, 2.05) is 0 Å². The third-order valence-corrected chi connectivity index (χ3v) is 7.29. The molecule has 132 valence electrons. The average molecular weight is 392 g/mol. The predicted octanol–water partition coefficient (Wildman–Crippen LogP) is 1.63. The maximum Gasteiger partial charge on any atom is 0.250 e. The molecule has 6 nitrogen and oxygen atoms in total. The van der Waals surface area contributed by atoms with E-state index < -0.39 is 25.9 Å². The van der Waals surface area contributed by atoms with E-state index in [1.54, 1.807) is 17.5 Å². The number of hydrogen-bond acceptors (Lipinski definition) is 5. The highest BCUT2D eigenvalue weighted by atomic mass is 32.2. The molecule has 0 aliphatic rings. The van der Waals surface area contributed by atoms with Gasteiger partial charge in [0.1, 0.15) is 10.0 Å². The van der Waals surface area contributed by atoms with E-state index in [2.05, 4.69) is 4.72 Å². The first-order chi connectivity index (χ1) is 11.2. The van der Waals surface area contributed by atoms with Crippen molar-refractivity contribution < 1.29 is 21.2 Å². The van der Waals surface area contributed by atoms with E-state index in [0.717, 1.165) is 21.9 Å². The van der Waals surface area contributed by atoms with E-state index in [0.29, 0.717) is 0 Å². The predicted molar refractivity (Wildman–Crippen MR) is 91.2 cm³/mol. The number of rotatable bonds is 8. The molecule has 2 aromatic rings. The molecule has 0 unspecified atom stereocenters. The third kappa shape index (κ3) is 5.08. The van der Waals surface area contributed by atoms with Crippen LogP contribution >= 0.6 is 11.3 Å². The number of nitrogens with one attached hydrogen (secondary N) is 1. The maximum atomic E-state index is 13.7. The second-order valence-corrected chi connectivity index (χ2v) is 9.94. The lowest BCUT2D eigenvalue weighted by Crippen LogP contribution is -2.37. The number of sulfonamides is 2. The van der Waals surface area contributed by atoms with Gasteiger partial charge in [0.15, 0.2) is 0 Å². The van der Waals surface area contributed by atoms with Crippen LogP contribution in [0.5, 0.6) is 0 Å². The molecule has 1 heterocycles. The summed E-state index contributed by atoms with van der Waals surface area (Å²) in [6.07, 6.45) is 1.00. The van der Waals surface area contributed by atoms with Gasteiger partial charge in [0.2, 0.25) is 20.0 Å². The van der Waals surface area contributed by atoms with Crippen LogP contribution in [0.3, 0.4) is 0 Å². The van der Waals surface area contributed by atoms with Crippen molar-refractivity contribution in [3.8, 4) is 0 Å². The quantitative estimate of drug-likeness (QED) is 0.740. The summed E-state index contributed by atoms with van der Waals surface area (Å²) in [4.78, 5) is 0. The lowest BCUT2D eigenvalue weighted by atomic mass is 10.2. The topological polar surface area (TPSA) is 83.6 Å². The van der Waals surface area contributed by atoms with Crippen LogP contribution in [0.15, 0.2) is 46.0 Å². The van der Waals surface area contributed by atoms with Crippen LogP contribution in [-0.2, 0) is 26.6 Å². The van der Waals surface area contributed by atoms with Crippen molar-refractivity contribution in [1.82, 2.24) is 9.03 Å². The fourth-order valence-electron chi connectivity index (χ4n) is 1.97. The molecule has 0 aliphatic carbocycles. The van der Waals surface area contributed by atoms with Crippen molar-refractivity contribution in [2.75, 3.05) is 19.3 Å². The van der Waals surface area contributed by atoms with Gasteiger partial charge in [-0.3, -0.25) is 0 Å². The fraction of sp³-hybridized carbons (Fsp3) is 0.286. The first-order valence-electron chi connectivity index (χ1n) is 6.92. The highest BCUT2D eigenvalue weighted by Crippen LogP contribution is 2.15. The Balaban J connectivity index is 2.04. The van der Waals surface area contributed by atoms with Gasteiger partial charge in [-0.25, -0.2) is 25.9 Å². The van der Waals surface area contributed by atoms with Gasteiger partial charge < -0.3 is 0 Å². The summed E-state index contributed by atoms with van der Waals surface area (Å²) in [5.74, 6) is -0.509. The van der Waals surface area contributed by atoms with Crippen molar-refractivity contribution in [3.05, 3.63) is 53.2 Å². The standard InChI is InChI=1S/C14H17FN2O4S3/c1-23(18,19)17(11-12-5-2-3-6-13(12)15)9-8-16-24(20,21)14-7-4-10-22-14/h2-7,10,16H,8-9,11H2,1H3. The minimum Gasteiger partial charge on any atom is -0.212 e. The van der Waals surface area contributed by atoms with Crippen LogP contribution in [0.2, 0.25) is 0 Å². The molecule has 1 N–H and O–H groups in total. The van der Waals surface area contributed by atoms with Crippen molar-refractivity contribution in [2.24, 2.45) is 0 Å². The molecule has 0 aliphatic heterocycles. The minimum atomic E-state index is -3.67. The summed E-state index contributed by atoms with van der Waals surface area (Å²) >= 11 is 1.07. The van der Waals surface area contributed by atoms with Gasteiger partial charge in [0, 0.05) is 25.2 Å². The van der Waals surface area contributed by atoms with Gasteiger partial charge in [-0.05, 0) is 17.5 Å². The van der Waals surface area contributed by atoms with Crippen LogP contribution < -0.4 is 4.72 Å². The smallest absolute Gasteiger partial charge is 0.212 e. The molecule has 0 radical (unpaired) electrons. The first-order valence-corrected chi connectivity index (χ1v) is 11.1. The molecule has 0 spiro atoms. The van der Waals surface area contributed by atoms with Crippen molar-refractivity contribution in [3.63, 3.8) is 0 Å². The van der Waals surface area contributed by atoms with E-state index in [4.69, 9.17) is 0 Å². The zero-order valence-electron chi connectivity index (χ0n) is 12.8. The Hall–Kier alpha value is -1.33. The summed E-state index contributed by atoms with van der Waals surface area (Å²) in [7, 11) is -7.28. The SMILES string of the molecule is CS(=O)(=O)N(CCNS(=O)(=O)c1cccs1)Cc1ccccc1F. The second-order valence-electron chi connectivity index (χ2n) is 5.02. The molecule has 0 saturated carbocycles. The van der Waals surface area contributed by atoms with E-state index >= 15 is 0 Å². The monoisotopic (exact) mass is 392 g/mol. The third-order valence-electron chi connectivity index (χ3n) is 3.19. The summed E-state index contributed by atoms with van der Waals surface area (Å²) in [5, 5.41) is 1.63. The molecule has 0 saturated heterocycles. The molecule has 10 heteroatoms. The number of thiophene rings is 1.